The van der Waals surface area contributed by atoms with Gasteiger partial charge in [-0.05, 0) is 0 Å². The number of aliphatic carboxylic acids is 1. The standard InChI is InChI=1S/C4H10NO6P/c6-3-11-12(9,10)2-5-1-4(7)8/h5-6H,1-3H2,(H,7,8)(H,9,10). The van der Waals surface area contributed by atoms with Crippen LogP contribution in [0.2, 0.25) is 0 Å². The molecular weight excluding hydrogens is 189 g/mol. The highest BCUT2D eigenvalue weighted by Crippen LogP contribution is 2.39. The van der Waals surface area contributed by atoms with E-state index in [1.807, 2.05) is 0 Å². The summed E-state index contributed by atoms with van der Waals surface area (Å²) in [6, 6.07) is 0. The highest BCUT2D eigenvalue weighted by atomic mass is 31.2. The van der Waals surface area contributed by atoms with Gasteiger partial charge in [0.05, 0.1) is 12.8 Å². The monoisotopic (exact) mass is 199 g/mol. The Morgan fingerprint density at radius 3 is 2.58 bits per heavy atom. The van der Waals surface area contributed by atoms with Gasteiger partial charge in [0, 0.05) is 0 Å². The summed E-state index contributed by atoms with van der Waals surface area (Å²) in [4.78, 5) is 18.7. The van der Waals surface area contributed by atoms with E-state index in [2.05, 4.69) is 9.84 Å². The van der Waals surface area contributed by atoms with Gasteiger partial charge in [0.25, 0.3) is 0 Å². The van der Waals surface area contributed by atoms with Crippen molar-refractivity contribution in [2.24, 2.45) is 0 Å². The van der Waals surface area contributed by atoms with Gasteiger partial charge in [-0.15, -0.1) is 0 Å². The molecule has 1 unspecified atom stereocenters. The Balaban J connectivity index is 3.61. The van der Waals surface area contributed by atoms with Gasteiger partial charge in [-0.2, -0.15) is 0 Å². The Labute approximate surface area is 68.5 Å². The van der Waals surface area contributed by atoms with Crippen molar-refractivity contribution in [3.8, 4) is 0 Å². The van der Waals surface area contributed by atoms with E-state index in [1.54, 1.807) is 0 Å². The highest BCUT2D eigenvalue weighted by Gasteiger charge is 2.18. The van der Waals surface area contributed by atoms with Gasteiger partial charge in [-0.3, -0.25) is 19.2 Å². The predicted octanol–water partition coefficient (Wildman–Crippen LogP) is -1.23. The van der Waals surface area contributed by atoms with Gasteiger partial charge >= 0.3 is 13.6 Å². The number of hydrogen-bond donors (Lipinski definition) is 4. The van der Waals surface area contributed by atoms with E-state index in [-0.39, 0.29) is 0 Å². The summed E-state index contributed by atoms with van der Waals surface area (Å²) >= 11 is 0. The molecule has 0 radical (unpaired) electrons. The van der Waals surface area contributed by atoms with E-state index in [1.165, 1.54) is 0 Å². The highest BCUT2D eigenvalue weighted by molar-refractivity contribution is 7.52. The summed E-state index contributed by atoms with van der Waals surface area (Å²) in [6.07, 6.45) is -0.500. The van der Waals surface area contributed by atoms with Crippen molar-refractivity contribution >= 4 is 13.6 Å². The lowest BCUT2D eigenvalue weighted by Crippen LogP contribution is -2.24. The first-order valence-corrected chi connectivity index (χ1v) is 4.74. The summed E-state index contributed by atoms with van der Waals surface area (Å²) in [5.74, 6) is -1.14. The number of carboxylic acid groups (broad SMARTS) is 1. The maximum atomic E-state index is 10.7. The summed E-state index contributed by atoms with van der Waals surface area (Å²) in [5, 5.41) is 18.4. The van der Waals surface area contributed by atoms with Crippen LogP contribution in [0.4, 0.5) is 0 Å². The lowest BCUT2D eigenvalue weighted by molar-refractivity contribution is -0.135. The first-order valence-electron chi connectivity index (χ1n) is 2.97. The van der Waals surface area contributed by atoms with Crippen LogP contribution >= 0.6 is 7.60 Å². The van der Waals surface area contributed by atoms with E-state index >= 15 is 0 Å². The fraction of sp³-hybridized carbons (Fsp3) is 0.750. The van der Waals surface area contributed by atoms with Crippen molar-refractivity contribution < 1.29 is 29.0 Å². The topological polar surface area (TPSA) is 116 Å². The van der Waals surface area contributed by atoms with Crippen LogP contribution in [0.1, 0.15) is 0 Å². The van der Waals surface area contributed by atoms with Crippen LogP contribution in [0.25, 0.3) is 0 Å². The molecule has 0 aromatic rings. The number of aliphatic hydroxyl groups is 1. The molecule has 0 amide bonds. The van der Waals surface area contributed by atoms with Crippen molar-refractivity contribution in [3.63, 3.8) is 0 Å². The van der Waals surface area contributed by atoms with Gasteiger partial charge in [0.2, 0.25) is 0 Å². The molecule has 7 nitrogen and oxygen atoms in total. The maximum absolute atomic E-state index is 10.7. The molecule has 0 aliphatic heterocycles. The van der Waals surface area contributed by atoms with Crippen molar-refractivity contribution in [2.75, 3.05) is 19.6 Å². The van der Waals surface area contributed by atoms with Gasteiger partial charge in [-0.25, -0.2) is 0 Å². The molecule has 0 aromatic heterocycles. The first-order chi connectivity index (χ1) is 5.48. The van der Waals surface area contributed by atoms with Crippen molar-refractivity contribution in [1.82, 2.24) is 5.32 Å². The Hall–Kier alpha value is -0.460. The van der Waals surface area contributed by atoms with E-state index in [4.69, 9.17) is 15.1 Å². The average Bonchev–Trinajstić information content (AvgIpc) is 1.85. The molecule has 0 aliphatic carbocycles. The molecule has 8 heteroatoms. The third-order valence-corrected chi connectivity index (χ3v) is 1.99. The predicted molar refractivity (Wildman–Crippen MR) is 38.5 cm³/mol. The number of aliphatic hydroxyl groups excluding tert-OH is 1. The fourth-order valence-electron chi connectivity index (χ4n) is 0.440. The second-order valence-electron chi connectivity index (χ2n) is 1.87. The Morgan fingerprint density at radius 1 is 1.58 bits per heavy atom. The molecule has 72 valence electrons. The zero-order valence-electron chi connectivity index (χ0n) is 6.13. The summed E-state index contributed by atoms with van der Waals surface area (Å²) < 4.78 is 14.7. The third-order valence-electron chi connectivity index (χ3n) is 0.847. The van der Waals surface area contributed by atoms with Crippen LogP contribution < -0.4 is 5.32 Å². The van der Waals surface area contributed by atoms with Crippen LogP contribution in [0.3, 0.4) is 0 Å². The number of hydrogen-bond acceptors (Lipinski definition) is 5. The van der Waals surface area contributed by atoms with Crippen molar-refractivity contribution in [2.45, 2.75) is 0 Å². The van der Waals surface area contributed by atoms with E-state index in [0.29, 0.717) is 0 Å². The molecule has 0 heterocycles. The van der Waals surface area contributed by atoms with Crippen LogP contribution in [-0.2, 0) is 13.9 Å². The largest absolute Gasteiger partial charge is 0.480 e. The van der Waals surface area contributed by atoms with Gasteiger partial charge < -0.3 is 15.1 Å². The fourth-order valence-corrected chi connectivity index (χ4v) is 1.11. The number of nitrogens with one attached hydrogen (secondary N) is 1. The lowest BCUT2D eigenvalue weighted by atomic mass is 10.7. The molecule has 0 saturated heterocycles. The Morgan fingerprint density at radius 2 is 2.17 bits per heavy atom. The molecule has 0 spiro atoms. The SMILES string of the molecule is O=C(O)CNCP(=O)(O)OCO. The second-order valence-corrected chi connectivity index (χ2v) is 3.72. The molecule has 12 heavy (non-hydrogen) atoms. The van der Waals surface area contributed by atoms with Crippen LogP contribution in [0, 0.1) is 0 Å². The molecule has 0 saturated carbocycles. The van der Waals surface area contributed by atoms with E-state index in [9.17, 15) is 9.36 Å². The van der Waals surface area contributed by atoms with Gasteiger partial charge in [0.1, 0.15) is 0 Å². The smallest absolute Gasteiger partial charge is 0.343 e. The normalized spacial score (nSPS) is 15.5. The van der Waals surface area contributed by atoms with Crippen molar-refractivity contribution in [1.29, 1.82) is 0 Å². The molecule has 1 atom stereocenters. The quantitative estimate of drug-likeness (QED) is 0.312. The Kier molecular flexibility index (Phi) is 5.03. The minimum absolute atomic E-state index is 0.431. The molecule has 0 aromatic carbocycles. The molecule has 0 bridgehead atoms. The minimum Gasteiger partial charge on any atom is -0.480 e. The summed E-state index contributed by atoms with van der Waals surface area (Å²) in [7, 11) is -3.87. The molecule has 4 N–H and O–H groups in total. The second kappa shape index (κ2) is 5.23. The van der Waals surface area contributed by atoms with Gasteiger partial charge in [-0.1, -0.05) is 0 Å². The molecule has 0 aliphatic rings. The zero-order valence-corrected chi connectivity index (χ0v) is 7.03. The number of rotatable bonds is 6. The van der Waals surface area contributed by atoms with Crippen LogP contribution in [-0.4, -0.2) is 40.7 Å². The lowest BCUT2D eigenvalue weighted by Gasteiger charge is -2.09. The third kappa shape index (κ3) is 6.26. The molecule has 0 fully saturated rings. The zero-order chi connectivity index (χ0) is 9.61. The van der Waals surface area contributed by atoms with E-state index in [0.717, 1.165) is 0 Å². The minimum atomic E-state index is -3.87. The average molecular weight is 199 g/mol. The molecular formula is C4H10NO6P. The molecule has 0 rings (SSSR count). The maximum Gasteiger partial charge on any atom is 0.343 e. The summed E-state index contributed by atoms with van der Waals surface area (Å²) in [6.45, 7) is -1.30. The van der Waals surface area contributed by atoms with Crippen LogP contribution in [0.5, 0.6) is 0 Å². The van der Waals surface area contributed by atoms with Gasteiger partial charge in [0.15, 0.2) is 6.79 Å². The summed E-state index contributed by atoms with van der Waals surface area (Å²) in [5.41, 5.74) is 0. The Bertz CT molecular complexity index is 194. The van der Waals surface area contributed by atoms with Crippen LogP contribution in [0.15, 0.2) is 0 Å². The number of carbonyl (C=O) groups is 1. The number of carboxylic acids is 1. The first kappa shape index (κ1) is 11.5. The van der Waals surface area contributed by atoms with Crippen molar-refractivity contribution in [3.05, 3.63) is 0 Å². The van der Waals surface area contributed by atoms with E-state index < -0.39 is 33.2 Å².